The quantitative estimate of drug-likeness (QED) is 0.673. The van der Waals surface area contributed by atoms with Crippen molar-refractivity contribution in [3.05, 3.63) is 46.0 Å². The average molecular weight is 385 g/mol. The van der Waals surface area contributed by atoms with E-state index in [9.17, 15) is 4.79 Å². The highest BCUT2D eigenvalue weighted by molar-refractivity contribution is 6.29. The van der Waals surface area contributed by atoms with E-state index < -0.39 is 11.7 Å². The third kappa shape index (κ3) is 8.05. The van der Waals surface area contributed by atoms with Gasteiger partial charge in [-0.15, -0.1) is 0 Å². The molecule has 0 saturated carbocycles. The van der Waals surface area contributed by atoms with Crippen molar-refractivity contribution >= 4 is 40.7 Å². The second-order valence-corrected chi connectivity index (χ2v) is 6.98. The number of hydrogen-bond acceptors (Lipinski definition) is 5. The molecule has 0 spiro atoms. The maximum absolute atomic E-state index is 11.5. The van der Waals surface area contributed by atoms with Crippen molar-refractivity contribution in [3.8, 4) is 0 Å². The zero-order valence-corrected chi connectivity index (χ0v) is 16.4. The van der Waals surface area contributed by atoms with Crippen molar-refractivity contribution < 1.29 is 9.53 Å². The summed E-state index contributed by atoms with van der Waals surface area (Å²) in [6.45, 7) is 9.00. The fourth-order valence-corrected chi connectivity index (χ4v) is 2.00. The third-order valence-corrected chi connectivity index (χ3v) is 3.20. The first kappa shape index (κ1) is 21.0. The van der Waals surface area contributed by atoms with E-state index in [0.29, 0.717) is 27.4 Å². The number of hydrogen-bond donors (Lipinski definition) is 2. The molecule has 0 aliphatic rings. The number of nitrogens with two attached hydrogens (primary N) is 1. The molecular formula is C17H22Cl2N4O2. The van der Waals surface area contributed by atoms with E-state index in [4.69, 9.17) is 33.7 Å². The first-order valence-electron chi connectivity index (χ1n) is 7.49. The lowest BCUT2D eigenvalue weighted by atomic mass is 10.2. The van der Waals surface area contributed by atoms with Gasteiger partial charge in [-0.25, -0.2) is 14.8 Å². The predicted molar refractivity (Wildman–Crippen MR) is 102 cm³/mol. The highest BCUT2D eigenvalue weighted by atomic mass is 35.5. The van der Waals surface area contributed by atoms with Crippen LogP contribution in [-0.2, 0) is 4.74 Å². The maximum atomic E-state index is 11.5. The highest BCUT2D eigenvalue weighted by Crippen LogP contribution is 2.17. The summed E-state index contributed by atoms with van der Waals surface area (Å²) in [5, 5.41) is 3.49. The number of amides is 1. The van der Waals surface area contributed by atoms with Crippen molar-refractivity contribution in [2.45, 2.75) is 40.2 Å². The van der Waals surface area contributed by atoms with Gasteiger partial charge in [-0.05, 0) is 58.9 Å². The standard InChI is InChI=1S/C11H15ClN2O2.C6H7ClN2/c1-7-8(5-6-9(12)13-7)14-10(15)16-11(2,3)4;1-4-5(8)2-3-6(7)9-4/h5-6H,1-4H3,(H,14,15);2-3H,8H2,1H3. The van der Waals surface area contributed by atoms with Gasteiger partial charge in [0.2, 0.25) is 0 Å². The molecule has 2 heterocycles. The molecule has 0 aliphatic heterocycles. The number of rotatable bonds is 1. The Kier molecular flexibility index (Phi) is 7.45. The number of aromatic nitrogens is 2. The summed E-state index contributed by atoms with van der Waals surface area (Å²) in [6.07, 6.45) is -0.500. The van der Waals surface area contributed by atoms with Crippen LogP contribution in [0.3, 0.4) is 0 Å². The lowest BCUT2D eigenvalue weighted by Crippen LogP contribution is -2.27. The van der Waals surface area contributed by atoms with Gasteiger partial charge in [-0.2, -0.15) is 0 Å². The summed E-state index contributed by atoms with van der Waals surface area (Å²) in [4.78, 5) is 19.4. The minimum Gasteiger partial charge on any atom is -0.444 e. The fourth-order valence-electron chi connectivity index (χ4n) is 1.62. The molecule has 0 unspecified atom stereocenters. The third-order valence-electron chi connectivity index (χ3n) is 2.78. The van der Waals surface area contributed by atoms with Gasteiger partial charge in [0.15, 0.2) is 0 Å². The molecule has 2 aromatic rings. The van der Waals surface area contributed by atoms with E-state index in [1.54, 1.807) is 52.0 Å². The molecule has 6 nitrogen and oxygen atoms in total. The van der Waals surface area contributed by atoms with E-state index >= 15 is 0 Å². The summed E-state index contributed by atoms with van der Waals surface area (Å²) in [6, 6.07) is 6.71. The van der Waals surface area contributed by atoms with Crippen LogP contribution in [0, 0.1) is 13.8 Å². The van der Waals surface area contributed by atoms with Gasteiger partial charge in [0, 0.05) is 0 Å². The number of ether oxygens (including phenoxy) is 1. The molecule has 2 rings (SSSR count). The number of carbonyl (C=O) groups excluding carboxylic acids is 1. The van der Waals surface area contributed by atoms with Gasteiger partial charge >= 0.3 is 6.09 Å². The molecule has 0 aromatic carbocycles. The van der Waals surface area contributed by atoms with Crippen LogP contribution in [0.15, 0.2) is 24.3 Å². The monoisotopic (exact) mass is 384 g/mol. The van der Waals surface area contributed by atoms with E-state index in [1.807, 2.05) is 6.92 Å². The van der Waals surface area contributed by atoms with Gasteiger partial charge in [-0.3, -0.25) is 5.32 Å². The minimum atomic E-state index is -0.516. The van der Waals surface area contributed by atoms with E-state index in [2.05, 4.69) is 15.3 Å². The molecule has 0 atom stereocenters. The van der Waals surface area contributed by atoms with Gasteiger partial charge in [-0.1, -0.05) is 23.2 Å². The number of anilines is 2. The first-order chi connectivity index (χ1) is 11.5. The van der Waals surface area contributed by atoms with Crippen LogP contribution in [0.5, 0.6) is 0 Å². The molecule has 2 aromatic heterocycles. The average Bonchev–Trinajstić information content (AvgIpc) is 2.45. The van der Waals surface area contributed by atoms with Crippen LogP contribution in [0.25, 0.3) is 0 Å². The Morgan fingerprint density at radius 1 is 1.04 bits per heavy atom. The number of nitrogens with one attached hydrogen (secondary N) is 1. The molecule has 25 heavy (non-hydrogen) atoms. The van der Waals surface area contributed by atoms with E-state index in [0.717, 1.165) is 5.69 Å². The van der Waals surface area contributed by atoms with Crippen molar-refractivity contribution in [1.82, 2.24) is 9.97 Å². The molecule has 1 amide bonds. The lowest BCUT2D eigenvalue weighted by molar-refractivity contribution is 0.0635. The minimum absolute atomic E-state index is 0.396. The maximum Gasteiger partial charge on any atom is 0.412 e. The molecule has 0 aliphatic carbocycles. The zero-order chi connectivity index (χ0) is 19.2. The largest absolute Gasteiger partial charge is 0.444 e. The van der Waals surface area contributed by atoms with Gasteiger partial charge in [0.1, 0.15) is 15.9 Å². The van der Waals surface area contributed by atoms with Crippen LogP contribution in [0.1, 0.15) is 32.2 Å². The van der Waals surface area contributed by atoms with Crippen LogP contribution in [0.4, 0.5) is 16.2 Å². The summed E-state index contributed by atoms with van der Waals surface area (Å²) in [7, 11) is 0. The lowest BCUT2D eigenvalue weighted by Gasteiger charge is -2.20. The molecule has 8 heteroatoms. The Bertz CT molecular complexity index is 746. The van der Waals surface area contributed by atoms with Crippen LogP contribution in [-0.4, -0.2) is 21.7 Å². The number of halogens is 2. The van der Waals surface area contributed by atoms with Crippen LogP contribution < -0.4 is 11.1 Å². The summed E-state index contributed by atoms with van der Waals surface area (Å²) in [5.41, 5.74) is 7.66. The molecule has 0 bridgehead atoms. The number of pyridine rings is 2. The normalized spacial score (nSPS) is 10.5. The zero-order valence-electron chi connectivity index (χ0n) is 14.9. The summed E-state index contributed by atoms with van der Waals surface area (Å²) >= 11 is 11.3. The van der Waals surface area contributed by atoms with E-state index in [1.165, 1.54) is 0 Å². The van der Waals surface area contributed by atoms with E-state index in [-0.39, 0.29) is 0 Å². The Hall–Kier alpha value is -2.05. The Labute approximate surface area is 157 Å². The number of nitrogens with zero attached hydrogens (tertiary/aromatic N) is 2. The molecule has 0 radical (unpaired) electrons. The smallest absolute Gasteiger partial charge is 0.412 e. The molecule has 0 fully saturated rings. The second-order valence-electron chi connectivity index (χ2n) is 6.20. The van der Waals surface area contributed by atoms with Crippen molar-refractivity contribution in [2.75, 3.05) is 11.1 Å². The van der Waals surface area contributed by atoms with Gasteiger partial charge in [0.05, 0.1) is 22.8 Å². The van der Waals surface area contributed by atoms with Gasteiger partial charge < -0.3 is 10.5 Å². The molecule has 3 N–H and O–H groups in total. The number of aryl methyl sites for hydroxylation is 2. The Balaban J connectivity index is 0.000000293. The van der Waals surface area contributed by atoms with Crippen molar-refractivity contribution in [2.24, 2.45) is 0 Å². The van der Waals surface area contributed by atoms with Gasteiger partial charge in [0.25, 0.3) is 0 Å². The van der Waals surface area contributed by atoms with Crippen LogP contribution in [0.2, 0.25) is 10.3 Å². The number of nitrogen functional groups attached to an aromatic ring is 1. The molecule has 0 saturated heterocycles. The van der Waals surface area contributed by atoms with Crippen molar-refractivity contribution in [1.29, 1.82) is 0 Å². The first-order valence-corrected chi connectivity index (χ1v) is 8.25. The number of carbonyl (C=O) groups is 1. The summed E-state index contributed by atoms with van der Waals surface area (Å²) in [5.74, 6) is 0. The summed E-state index contributed by atoms with van der Waals surface area (Å²) < 4.78 is 5.12. The molecular weight excluding hydrogens is 363 g/mol. The Morgan fingerprint density at radius 2 is 1.56 bits per heavy atom. The second kappa shape index (κ2) is 8.87. The fraction of sp³-hybridized carbons (Fsp3) is 0.353. The van der Waals surface area contributed by atoms with Crippen molar-refractivity contribution in [3.63, 3.8) is 0 Å². The Morgan fingerprint density at radius 3 is 2.00 bits per heavy atom. The SMILES string of the molecule is Cc1nc(Cl)ccc1N.Cc1nc(Cl)ccc1NC(=O)OC(C)(C)C. The molecule has 136 valence electrons. The van der Waals surface area contributed by atoms with Crippen LogP contribution >= 0.6 is 23.2 Å². The highest BCUT2D eigenvalue weighted by Gasteiger charge is 2.16. The predicted octanol–water partition coefficient (Wildman–Crippen LogP) is 5.02. The topological polar surface area (TPSA) is 90.1 Å².